The van der Waals surface area contributed by atoms with E-state index in [1.807, 2.05) is 0 Å². The Labute approximate surface area is 142 Å². The van der Waals surface area contributed by atoms with Gasteiger partial charge in [-0.3, -0.25) is 9.78 Å². The Bertz CT molecular complexity index is 901. The number of esters is 1. The van der Waals surface area contributed by atoms with Gasteiger partial charge in [0.05, 0.1) is 6.26 Å². The van der Waals surface area contributed by atoms with Crippen molar-refractivity contribution >= 4 is 17.5 Å². The Kier molecular flexibility index (Phi) is 4.66. The van der Waals surface area contributed by atoms with Gasteiger partial charge in [0.15, 0.2) is 0 Å². The molecule has 0 saturated carbocycles. The summed E-state index contributed by atoms with van der Waals surface area (Å²) < 4.78 is 10.1. The minimum Gasteiger partial charge on any atom is -0.457 e. The van der Waals surface area contributed by atoms with Crippen molar-refractivity contribution in [2.24, 2.45) is 10.9 Å². The highest BCUT2D eigenvalue weighted by atomic mass is 16.5. The van der Waals surface area contributed by atoms with E-state index in [9.17, 15) is 9.59 Å². The third-order valence-corrected chi connectivity index (χ3v) is 3.30. The average Bonchev–Trinajstić information content (AvgIpc) is 3.19. The SMILES string of the molecule is N/N=C(/C(=O)c1ccccn1)c1ccc(OC(=O)c2ccco2)cc1. The Hall–Kier alpha value is -3.74. The zero-order valence-corrected chi connectivity index (χ0v) is 13.0. The highest BCUT2D eigenvalue weighted by Crippen LogP contribution is 2.16. The van der Waals surface area contributed by atoms with Crippen LogP contribution in [-0.2, 0) is 0 Å². The van der Waals surface area contributed by atoms with Crippen molar-refractivity contribution in [1.82, 2.24) is 4.98 Å². The molecule has 2 aromatic heterocycles. The van der Waals surface area contributed by atoms with E-state index < -0.39 is 11.8 Å². The molecule has 0 saturated heterocycles. The van der Waals surface area contributed by atoms with Crippen LogP contribution < -0.4 is 10.6 Å². The van der Waals surface area contributed by atoms with Crippen LogP contribution in [0.3, 0.4) is 0 Å². The van der Waals surface area contributed by atoms with Crippen LogP contribution in [0.4, 0.5) is 0 Å². The molecule has 7 heteroatoms. The van der Waals surface area contributed by atoms with Crippen molar-refractivity contribution in [2.45, 2.75) is 0 Å². The van der Waals surface area contributed by atoms with Gasteiger partial charge < -0.3 is 15.0 Å². The largest absolute Gasteiger partial charge is 0.457 e. The van der Waals surface area contributed by atoms with Gasteiger partial charge in [0.2, 0.25) is 11.5 Å². The highest BCUT2D eigenvalue weighted by Gasteiger charge is 2.18. The molecule has 0 bridgehead atoms. The number of nitrogens with zero attached hydrogens (tertiary/aromatic N) is 2. The monoisotopic (exact) mass is 335 g/mol. The fourth-order valence-corrected chi connectivity index (χ4v) is 2.12. The lowest BCUT2D eigenvalue weighted by Gasteiger charge is -2.06. The minimum atomic E-state index is -0.616. The van der Waals surface area contributed by atoms with Crippen LogP contribution in [0.2, 0.25) is 0 Å². The number of aromatic nitrogens is 1. The highest BCUT2D eigenvalue weighted by molar-refractivity contribution is 6.51. The van der Waals surface area contributed by atoms with Crippen LogP contribution in [0.5, 0.6) is 5.75 Å². The molecule has 3 rings (SSSR count). The lowest BCUT2D eigenvalue weighted by molar-refractivity contribution is 0.0701. The number of nitrogens with two attached hydrogens (primary N) is 1. The Morgan fingerprint density at radius 3 is 2.44 bits per heavy atom. The van der Waals surface area contributed by atoms with Gasteiger partial charge in [0, 0.05) is 11.8 Å². The summed E-state index contributed by atoms with van der Waals surface area (Å²) in [7, 11) is 0. The number of Topliss-reactive ketones (excluding diaryl/α,β-unsaturated/α-hetero) is 1. The lowest BCUT2D eigenvalue weighted by atomic mass is 10.0. The van der Waals surface area contributed by atoms with Crippen LogP contribution in [0.25, 0.3) is 0 Å². The predicted molar refractivity (Wildman–Crippen MR) is 89.4 cm³/mol. The van der Waals surface area contributed by atoms with E-state index in [2.05, 4.69) is 10.1 Å². The van der Waals surface area contributed by atoms with Gasteiger partial charge >= 0.3 is 5.97 Å². The molecule has 1 aromatic carbocycles. The number of ether oxygens (including phenoxy) is 1. The maximum atomic E-state index is 12.4. The molecule has 0 amide bonds. The molecule has 124 valence electrons. The molecule has 0 aliphatic rings. The van der Waals surface area contributed by atoms with Crippen LogP contribution >= 0.6 is 0 Å². The second kappa shape index (κ2) is 7.22. The maximum Gasteiger partial charge on any atom is 0.379 e. The summed E-state index contributed by atoms with van der Waals surface area (Å²) in [5, 5.41) is 3.57. The molecule has 0 aliphatic carbocycles. The summed E-state index contributed by atoms with van der Waals surface area (Å²) in [6.07, 6.45) is 2.89. The number of ketones is 1. The fourth-order valence-electron chi connectivity index (χ4n) is 2.12. The van der Waals surface area contributed by atoms with Crippen molar-refractivity contribution in [3.05, 3.63) is 84.1 Å². The standard InChI is InChI=1S/C18H13N3O4/c19-21-16(17(22)14-4-1-2-10-20-14)12-6-8-13(9-7-12)25-18(23)15-5-3-11-24-15/h1-11H,19H2/b21-16+. The number of furan rings is 1. The van der Waals surface area contributed by atoms with Crippen molar-refractivity contribution in [1.29, 1.82) is 0 Å². The average molecular weight is 335 g/mol. The molecule has 0 fully saturated rings. The summed E-state index contributed by atoms with van der Waals surface area (Å²) in [4.78, 5) is 28.2. The normalized spacial score (nSPS) is 11.1. The van der Waals surface area contributed by atoms with Crippen LogP contribution in [0.1, 0.15) is 26.6 Å². The smallest absolute Gasteiger partial charge is 0.379 e. The summed E-state index contributed by atoms with van der Waals surface area (Å²) in [6, 6.07) is 14.3. The molecular formula is C18H13N3O4. The minimum absolute atomic E-state index is 0.0580. The zero-order valence-electron chi connectivity index (χ0n) is 13.0. The second-order valence-electron chi connectivity index (χ2n) is 4.91. The number of carbonyl (C=O) groups excluding carboxylic acids is 2. The van der Waals surface area contributed by atoms with Gasteiger partial charge in [-0.2, -0.15) is 5.10 Å². The van der Waals surface area contributed by atoms with E-state index in [0.29, 0.717) is 11.3 Å². The first kappa shape index (κ1) is 16.1. The number of carbonyl (C=O) groups is 2. The van der Waals surface area contributed by atoms with Gasteiger partial charge in [-0.05, 0) is 48.5 Å². The number of hydrogen-bond donors (Lipinski definition) is 1. The summed E-state index contributed by atoms with van der Waals surface area (Å²) in [5.41, 5.74) is 0.776. The lowest BCUT2D eigenvalue weighted by Crippen LogP contribution is -2.19. The van der Waals surface area contributed by atoms with E-state index >= 15 is 0 Å². The molecule has 0 aliphatic heterocycles. The maximum absolute atomic E-state index is 12.4. The zero-order chi connectivity index (χ0) is 17.6. The number of pyridine rings is 1. The van der Waals surface area contributed by atoms with Gasteiger partial charge in [0.1, 0.15) is 17.2 Å². The van der Waals surface area contributed by atoms with E-state index in [1.54, 1.807) is 36.4 Å². The summed E-state index contributed by atoms with van der Waals surface area (Å²) in [5.74, 6) is 4.75. The summed E-state index contributed by atoms with van der Waals surface area (Å²) in [6.45, 7) is 0. The molecule has 0 unspecified atom stereocenters. The third-order valence-electron chi connectivity index (χ3n) is 3.30. The fraction of sp³-hybridized carbons (Fsp3) is 0. The third kappa shape index (κ3) is 3.61. The number of benzene rings is 1. The molecular weight excluding hydrogens is 322 g/mol. The first-order chi connectivity index (χ1) is 12.2. The molecule has 2 N–H and O–H groups in total. The molecule has 0 radical (unpaired) electrons. The van der Waals surface area contributed by atoms with Gasteiger partial charge in [-0.1, -0.05) is 6.07 Å². The molecule has 25 heavy (non-hydrogen) atoms. The molecule has 0 atom stereocenters. The molecule has 2 heterocycles. The van der Waals surface area contributed by atoms with Gasteiger partial charge in [-0.25, -0.2) is 4.79 Å². The summed E-state index contributed by atoms with van der Waals surface area (Å²) >= 11 is 0. The number of hydrogen-bond acceptors (Lipinski definition) is 7. The van der Waals surface area contributed by atoms with Crippen molar-refractivity contribution in [2.75, 3.05) is 0 Å². The van der Waals surface area contributed by atoms with Crippen LogP contribution in [-0.4, -0.2) is 22.4 Å². The molecule has 3 aromatic rings. The second-order valence-corrected chi connectivity index (χ2v) is 4.91. The Balaban J connectivity index is 1.77. The molecule has 7 nitrogen and oxygen atoms in total. The topological polar surface area (TPSA) is 108 Å². The number of hydrazone groups is 1. The van der Waals surface area contributed by atoms with Gasteiger partial charge in [0.25, 0.3) is 0 Å². The first-order valence-corrected chi connectivity index (χ1v) is 7.29. The Morgan fingerprint density at radius 1 is 1.04 bits per heavy atom. The van der Waals surface area contributed by atoms with E-state index in [-0.39, 0.29) is 17.2 Å². The van der Waals surface area contributed by atoms with Crippen LogP contribution in [0, 0.1) is 0 Å². The van der Waals surface area contributed by atoms with Gasteiger partial charge in [-0.15, -0.1) is 0 Å². The van der Waals surface area contributed by atoms with Crippen molar-refractivity contribution < 1.29 is 18.7 Å². The molecule has 0 spiro atoms. The van der Waals surface area contributed by atoms with Crippen molar-refractivity contribution in [3.63, 3.8) is 0 Å². The van der Waals surface area contributed by atoms with Crippen molar-refractivity contribution in [3.8, 4) is 5.75 Å². The quantitative estimate of drug-likeness (QED) is 0.192. The Morgan fingerprint density at radius 2 is 1.84 bits per heavy atom. The van der Waals surface area contributed by atoms with E-state index in [0.717, 1.165) is 0 Å². The number of rotatable bonds is 5. The van der Waals surface area contributed by atoms with E-state index in [1.165, 1.54) is 30.7 Å². The first-order valence-electron chi connectivity index (χ1n) is 7.29. The van der Waals surface area contributed by atoms with E-state index in [4.69, 9.17) is 15.0 Å². The van der Waals surface area contributed by atoms with Crippen LogP contribution in [0.15, 0.2) is 76.6 Å². The predicted octanol–water partition coefficient (Wildman–Crippen LogP) is 2.44.